The Labute approximate surface area is 134 Å². The minimum Gasteiger partial charge on any atom is -0.274 e. The maximum Gasteiger partial charge on any atom is 0.238 e. The third kappa shape index (κ3) is 1.71. The van der Waals surface area contributed by atoms with E-state index in [-0.39, 0.29) is 35.5 Å². The van der Waals surface area contributed by atoms with Crippen molar-refractivity contribution in [3.05, 3.63) is 53.1 Å². The Morgan fingerprint density at radius 1 is 1.00 bits per heavy atom. The zero-order valence-corrected chi connectivity index (χ0v) is 13.0. The van der Waals surface area contributed by atoms with E-state index in [1.165, 1.54) is 16.0 Å². The first-order chi connectivity index (χ1) is 11.0. The Morgan fingerprint density at radius 2 is 1.52 bits per heavy atom. The summed E-state index contributed by atoms with van der Waals surface area (Å²) in [5, 5.41) is 8.88. The van der Waals surface area contributed by atoms with Crippen molar-refractivity contribution in [1.82, 2.24) is 0 Å². The van der Waals surface area contributed by atoms with E-state index in [1.54, 1.807) is 24.3 Å². The first-order valence-corrected chi connectivity index (χ1v) is 7.78. The lowest BCUT2D eigenvalue weighted by Gasteiger charge is -2.19. The van der Waals surface area contributed by atoms with Gasteiger partial charge in [0.25, 0.3) is 0 Å². The number of nitrogens with zero attached hydrogens (tertiary/aromatic N) is 2. The van der Waals surface area contributed by atoms with Gasteiger partial charge in [-0.25, -0.2) is 4.90 Å². The predicted molar refractivity (Wildman–Crippen MR) is 85.1 cm³/mol. The minimum absolute atomic E-state index is 0.0647. The molecule has 3 aliphatic rings. The van der Waals surface area contributed by atoms with E-state index in [0.29, 0.717) is 11.3 Å². The van der Waals surface area contributed by atoms with Gasteiger partial charge in [-0.2, -0.15) is 5.26 Å². The number of allylic oxidation sites excluding steroid dienone is 4. The molecule has 0 aromatic heterocycles. The van der Waals surface area contributed by atoms with Gasteiger partial charge in [0.2, 0.25) is 11.8 Å². The minimum atomic E-state index is -0.266. The highest BCUT2D eigenvalue weighted by atomic mass is 16.2. The Hall–Kier alpha value is -2.67. The molecule has 2 aliphatic carbocycles. The molecule has 2 fully saturated rings. The van der Waals surface area contributed by atoms with E-state index < -0.39 is 0 Å². The molecule has 114 valence electrons. The van der Waals surface area contributed by atoms with Crippen LogP contribution in [0.2, 0.25) is 0 Å². The largest absolute Gasteiger partial charge is 0.274 e. The first kappa shape index (κ1) is 14.0. The number of hydrogen-bond donors (Lipinski definition) is 0. The molecule has 23 heavy (non-hydrogen) atoms. The second-order valence-corrected chi connectivity index (χ2v) is 6.61. The number of benzene rings is 1. The lowest BCUT2D eigenvalue weighted by Crippen LogP contribution is -2.33. The molecule has 0 radical (unpaired) electrons. The number of amides is 2. The van der Waals surface area contributed by atoms with Crippen LogP contribution < -0.4 is 4.90 Å². The van der Waals surface area contributed by atoms with Gasteiger partial charge in [0.15, 0.2) is 0 Å². The van der Waals surface area contributed by atoms with Crippen LogP contribution in [0, 0.1) is 35.0 Å². The van der Waals surface area contributed by atoms with Crippen molar-refractivity contribution < 1.29 is 9.59 Å². The van der Waals surface area contributed by atoms with Gasteiger partial charge in [0, 0.05) is 11.8 Å². The highest BCUT2D eigenvalue weighted by Crippen LogP contribution is 2.57. The molecule has 0 unspecified atom stereocenters. The van der Waals surface area contributed by atoms with E-state index in [4.69, 9.17) is 5.26 Å². The quantitative estimate of drug-likeness (QED) is 0.592. The fourth-order valence-electron chi connectivity index (χ4n) is 4.37. The highest BCUT2D eigenvalue weighted by molar-refractivity contribution is 6.23. The zero-order valence-electron chi connectivity index (χ0n) is 13.0. The first-order valence-electron chi connectivity index (χ1n) is 7.78. The molecule has 1 aliphatic heterocycles. The third-order valence-corrected chi connectivity index (χ3v) is 5.25. The third-order valence-electron chi connectivity index (χ3n) is 5.25. The van der Waals surface area contributed by atoms with Crippen molar-refractivity contribution in [2.45, 2.75) is 13.8 Å². The van der Waals surface area contributed by atoms with Crippen LogP contribution in [-0.2, 0) is 9.59 Å². The van der Waals surface area contributed by atoms with Crippen LogP contribution in [0.1, 0.15) is 19.4 Å². The van der Waals surface area contributed by atoms with Gasteiger partial charge in [0.1, 0.15) is 0 Å². The van der Waals surface area contributed by atoms with Crippen LogP contribution in [0.5, 0.6) is 0 Å². The van der Waals surface area contributed by atoms with Crippen molar-refractivity contribution in [1.29, 1.82) is 5.26 Å². The summed E-state index contributed by atoms with van der Waals surface area (Å²) in [5.74, 6) is -0.624. The second kappa shape index (κ2) is 4.66. The van der Waals surface area contributed by atoms with Gasteiger partial charge in [-0.1, -0.05) is 23.3 Å². The number of fused-ring (bicyclic) bond motifs is 5. The summed E-state index contributed by atoms with van der Waals surface area (Å²) >= 11 is 0. The molecule has 1 aromatic carbocycles. The Balaban J connectivity index is 1.74. The number of carbonyl (C=O) groups excluding carboxylic acids is 2. The Morgan fingerprint density at radius 3 is 1.96 bits per heavy atom. The topological polar surface area (TPSA) is 61.2 Å². The maximum atomic E-state index is 12.9. The summed E-state index contributed by atoms with van der Waals surface area (Å²) in [6, 6.07) is 8.67. The summed E-state index contributed by atoms with van der Waals surface area (Å²) in [5.41, 5.74) is 3.54. The Bertz CT molecular complexity index is 788. The molecule has 4 heteroatoms. The molecule has 2 bridgehead atoms. The molecule has 0 spiro atoms. The van der Waals surface area contributed by atoms with E-state index in [0.717, 1.165) is 0 Å². The van der Waals surface area contributed by atoms with Crippen LogP contribution >= 0.6 is 0 Å². The predicted octanol–water partition coefficient (Wildman–Crippen LogP) is 2.82. The summed E-state index contributed by atoms with van der Waals surface area (Å²) < 4.78 is 0. The standard InChI is InChI=1S/C19H16N2O2/c1-10(2)15-13-7-8-14(15)17-16(13)18(22)21(19(17)23)12-5-3-11(9-20)4-6-12/h3-8,13-14,16-17H,1-2H3/t13-,14+,16-,17-/m0/s1. The van der Waals surface area contributed by atoms with E-state index in [2.05, 4.69) is 26.0 Å². The van der Waals surface area contributed by atoms with E-state index >= 15 is 0 Å². The molecule has 1 heterocycles. The van der Waals surface area contributed by atoms with Crippen molar-refractivity contribution in [2.75, 3.05) is 4.90 Å². The summed E-state index contributed by atoms with van der Waals surface area (Å²) in [7, 11) is 0. The average molecular weight is 304 g/mol. The molecular weight excluding hydrogens is 288 g/mol. The second-order valence-electron chi connectivity index (χ2n) is 6.61. The number of nitriles is 1. The highest BCUT2D eigenvalue weighted by Gasteiger charge is 2.61. The normalized spacial score (nSPS) is 30.8. The van der Waals surface area contributed by atoms with E-state index in [1.807, 2.05) is 6.07 Å². The number of carbonyl (C=O) groups is 2. The molecule has 1 aromatic rings. The SMILES string of the molecule is CC(C)=C1[C@H]2C=C[C@@H]1[C@@H]1C(=O)N(c3ccc(C#N)cc3)C(=O)[C@H]12. The monoisotopic (exact) mass is 304 g/mol. The number of rotatable bonds is 1. The summed E-state index contributed by atoms with van der Waals surface area (Å²) in [6.07, 6.45) is 4.17. The molecule has 4 atom stereocenters. The fourth-order valence-corrected chi connectivity index (χ4v) is 4.37. The molecular formula is C19H16N2O2. The molecule has 1 saturated carbocycles. The van der Waals surface area contributed by atoms with Gasteiger partial charge < -0.3 is 0 Å². The van der Waals surface area contributed by atoms with Gasteiger partial charge in [-0.3, -0.25) is 9.59 Å². The number of hydrogen-bond acceptors (Lipinski definition) is 3. The van der Waals surface area contributed by atoms with E-state index in [9.17, 15) is 9.59 Å². The lowest BCUT2D eigenvalue weighted by molar-refractivity contribution is -0.122. The van der Waals surface area contributed by atoms with Crippen LogP contribution in [0.25, 0.3) is 0 Å². The molecule has 4 rings (SSSR count). The van der Waals surface area contributed by atoms with Crippen LogP contribution in [0.15, 0.2) is 47.6 Å². The van der Waals surface area contributed by atoms with Crippen molar-refractivity contribution in [3.8, 4) is 6.07 Å². The molecule has 2 amide bonds. The van der Waals surface area contributed by atoms with Crippen LogP contribution in [0.4, 0.5) is 5.69 Å². The van der Waals surface area contributed by atoms with Gasteiger partial charge in [-0.05, 0) is 38.1 Å². The summed E-state index contributed by atoms with van der Waals surface area (Å²) in [4.78, 5) is 27.1. The van der Waals surface area contributed by atoms with Crippen molar-refractivity contribution >= 4 is 17.5 Å². The summed E-state index contributed by atoms with van der Waals surface area (Å²) in [6.45, 7) is 4.10. The smallest absolute Gasteiger partial charge is 0.238 e. The molecule has 4 nitrogen and oxygen atoms in total. The van der Waals surface area contributed by atoms with Gasteiger partial charge in [-0.15, -0.1) is 0 Å². The Kier molecular flexibility index (Phi) is 2.83. The van der Waals surface area contributed by atoms with Crippen molar-refractivity contribution in [2.24, 2.45) is 23.7 Å². The average Bonchev–Trinajstić information content (AvgIpc) is 3.18. The van der Waals surface area contributed by atoms with Crippen LogP contribution in [0.3, 0.4) is 0 Å². The number of anilines is 1. The van der Waals surface area contributed by atoms with Gasteiger partial charge in [0.05, 0.1) is 29.2 Å². The fraction of sp³-hybridized carbons (Fsp3) is 0.316. The van der Waals surface area contributed by atoms with Crippen molar-refractivity contribution in [3.63, 3.8) is 0 Å². The number of imide groups is 1. The van der Waals surface area contributed by atoms with Gasteiger partial charge >= 0.3 is 0 Å². The lowest BCUT2D eigenvalue weighted by atomic mass is 9.85. The zero-order chi connectivity index (χ0) is 16.3. The molecule has 1 saturated heterocycles. The van der Waals surface area contributed by atoms with Crippen LogP contribution in [-0.4, -0.2) is 11.8 Å². The molecule has 0 N–H and O–H groups in total. The maximum absolute atomic E-state index is 12.9.